The fourth-order valence-corrected chi connectivity index (χ4v) is 2.23. The molecule has 0 saturated heterocycles. The summed E-state index contributed by atoms with van der Waals surface area (Å²) < 4.78 is 6.87. The number of carbonyl (C=O) groups is 1. The summed E-state index contributed by atoms with van der Waals surface area (Å²) in [4.78, 5) is 13.1. The zero-order valence-corrected chi connectivity index (χ0v) is 17.3. The Morgan fingerprint density at radius 1 is 1.30 bits per heavy atom. The third-order valence-corrected chi connectivity index (χ3v) is 3.63. The molecule has 0 aromatic heterocycles. The van der Waals surface area contributed by atoms with Gasteiger partial charge in [0.05, 0.1) is 0 Å². The van der Waals surface area contributed by atoms with Crippen LogP contribution in [-0.2, 0) is 44.0 Å². The van der Waals surface area contributed by atoms with E-state index in [0.717, 1.165) is 27.1 Å². The van der Waals surface area contributed by atoms with Gasteiger partial charge in [0.25, 0.3) is 0 Å². The molecule has 0 atom stereocenters. The van der Waals surface area contributed by atoms with Gasteiger partial charge in [0.1, 0.15) is 5.75 Å². The molecular weight excluding hydrogens is 431 g/mol. The summed E-state index contributed by atoms with van der Waals surface area (Å²) in [7, 11) is 1.77. The summed E-state index contributed by atoms with van der Waals surface area (Å²) >= 11 is 3.45. The molecule has 0 aliphatic rings. The van der Waals surface area contributed by atoms with Crippen molar-refractivity contribution in [3.8, 4) is 11.5 Å². The number of hydrogen-bond donors (Lipinski definition) is 0. The Hall–Kier alpha value is -0.706. The molecule has 0 fully saturated rings. The van der Waals surface area contributed by atoms with E-state index in [4.69, 9.17) is 4.74 Å². The Balaban J connectivity index is 0.00000242. The van der Waals surface area contributed by atoms with Crippen LogP contribution in [0.15, 0.2) is 40.9 Å². The third kappa shape index (κ3) is 6.74. The molecule has 0 spiro atoms. The summed E-state index contributed by atoms with van der Waals surface area (Å²) in [5, 5.41) is 0. The summed E-state index contributed by atoms with van der Waals surface area (Å²) in [5.41, 5.74) is 2.01. The number of rotatable bonds is 4. The maximum Gasteiger partial charge on any atom is 0.219 e. The molecular formula is C18H21BrNO2Y-. The molecule has 0 aliphatic heterocycles. The summed E-state index contributed by atoms with van der Waals surface area (Å²) in [6, 6.07) is 14.6. The van der Waals surface area contributed by atoms with Gasteiger partial charge in [-0.1, -0.05) is 30.3 Å². The molecule has 1 amide bonds. The normalized spacial score (nSPS) is 9.39. The smallest absolute Gasteiger partial charge is 0.219 e. The standard InChI is InChI=1S/C17H17BrNO2.CH4.Y/c1-12-4-7-16(8-5-12)21-17-9-6-15(18)10-14(17)11-19(3)13(2)20;;/h4,6-10H,11H2,1-3H3;1H4;/q-1;;. The third-order valence-electron chi connectivity index (χ3n) is 3.14. The van der Waals surface area contributed by atoms with E-state index in [1.165, 1.54) is 0 Å². The quantitative estimate of drug-likeness (QED) is 0.614. The van der Waals surface area contributed by atoms with Gasteiger partial charge in [-0.15, -0.1) is 12.1 Å². The molecule has 2 rings (SSSR count). The molecule has 1 radical (unpaired) electrons. The number of amides is 1. The fraction of sp³-hybridized carbons (Fsp3) is 0.278. The van der Waals surface area contributed by atoms with Gasteiger partial charge in [0, 0.05) is 69.0 Å². The van der Waals surface area contributed by atoms with Crippen LogP contribution in [0.25, 0.3) is 0 Å². The average Bonchev–Trinajstić information content (AvgIpc) is 2.44. The number of aryl methyl sites for hydroxylation is 1. The SMILES string of the molecule is C.CC(=O)N(C)Cc1cc(Br)ccc1Oc1c[c-]c(C)cc1.[Y]. The van der Waals surface area contributed by atoms with Gasteiger partial charge < -0.3 is 9.64 Å². The first kappa shape index (κ1) is 22.3. The monoisotopic (exact) mass is 451 g/mol. The zero-order valence-electron chi connectivity index (χ0n) is 12.9. The van der Waals surface area contributed by atoms with Crippen molar-refractivity contribution >= 4 is 21.8 Å². The predicted octanol–water partition coefficient (Wildman–Crippen LogP) is 4.96. The average molecular weight is 452 g/mol. The Kier molecular flexibility index (Phi) is 9.91. The Bertz CT molecular complexity index is 644. The molecule has 2 aromatic carbocycles. The van der Waals surface area contributed by atoms with Crippen LogP contribution in [-0.4, -0.2) is 17.9 Å². The van der Waals surface area contributed by atoms with E-state index in [-0.39, 0.29) is 46.0 Å². The molecule has 23 heavy (non-hydrogen) atoms. The molecule has 0 aliphatic carbocycles. The van der Waals surface area contributed by atoms with Crippen LogP contribution in [0.5, 0.6) is 11.5 Å². The number of nitrogens with zero attached hydrogens (tertiary/aromatic N) is 1. The molecule has 3 nitrogen and oxygen atoms in total. The summed E-state index contributed by atoms with van der Waals surface area (Å²) in [5.74, 6) is 1.49. The van der Waals surface area contributed by atoms with Crippen molar-refractivity contribution in [3.63, 3.8) is 0 Å². The van der Waals surface area contributed by atoms with Gasteiger partial charge in [-0.05, 0) is 18.2 Å². The minimum atomic E-state index is 0. The molecule has 0 bridgehead atoms. The van der Waals surface area contributed by atoms with Crippen LogP contribution < -0.4 is 4.74 Å². The Labute approximate surface area is 172 Å². The molecule has 2 aromatic rings. The maximum atomic E-state index is 11.4. The first-order valence-corrected chi connectivity index (χ1v) is 7.41. The second-order valence-corrected chi connectivity index (χ2v) is 5.85. The van der Waals surface area contributed by atoms with E-state index in [0.29, 0.717) is 6.54 Å². The molecule has 0 N–H and O–H groups in total. The van der Waals surface area contributed by atoms with Crippen molar-refractivity contribution in [1.29, 1.82) is 0 Å². The van der Waals surface area contributed by atoms with Crippen molar-refractivity contribution < 1.29 is 42.2 Å². The van der Waals surface area contributed by atoms with Crippen LogP contribution in [0, 0.1) is 13.0 Å². The van der Waals surface area contributed by atoms with Gasteiger partial charge in [0.2, 0.25) is 5.91 Å². The number of carbonyl (C=O) groups excluding carboxylic acids is 1. The second-order valence-electron chi connectivity index (χ2n) is 4.94. The van der Waals surface area contributed by atoms with E-state index in [2.05, 4.69) is 22.0 Å². The van der Waals surface area contributed by atoms with Gasteiger partial charge >= 0.3 is 0 Å². The van der Waals surface area contributed by atoms with Crippen molar-refractivity contribution in [1.82, 2.24) is 4.90 Å². The first-order chi connectivity index (χ1) is 9.95. The molecule has 5 heteroatoms. The molecule has 121 valence electrons. The van der Waals surface area contributed by atoms with Crippen LogP contribution in [0.2, 0.25) is 0 Å². The van der Waals surface area contributed by atoms with Crippen LogP contribution in [0.4, 0.5) is 0 Å². The maximum absolute atomic E-state index is 11.4. The predicted molar refractivity (Wildman–Crippen MR) is 93.1 cm³/mol. The van der Waals surface area contributed by atoms with Crippen LogP contribution in [0.1, 0.15) is 25.5 Å². The van der Waals surface area contributed by atoms with Crippen molar-refractivity contribution in [2.75, 3.05) is 7.05 Å². The van der Waals surface area contributed by atoms with E-state index in [1.54, 1.807) is 18.9 Å². The number of halogens is 1. The topological polar surface area (TPSA) is 29.5 Å². The van der Waals surface area contributed by atoms with E-state index in [9.17, 15) is 4.79 Å². The van der Waals surface area contributed by atoms with Crippen LogP contribution in [0.3, 0.4) is 0 Å². The van der Waals surface area contributed by atoms with Gasteiger partial charge in [-0.2, -0.15) is 17.7 Å². The van der Waals surface area contributed by atoms with Gasteiger partial charge in [-0.25, -0.2) is 0 Å². The number of hydrogen-bond acceptors (Lipinski definition) is 2. The first-order valence-electron chi connectivity index (χ1n) is 6.62. The fourth-order valence-electron chi connectivity index (χ4n) is 1.82. The van der Waals surface area contributed by atoms with Crippen molar-refractivity contribution in [2.24, 2.45) is 0 Å². The van der Waals surface area contributed by atoms with Crippen molar-refractivity contribution in [2.45, 2.75) is 27.8 Å². The van der Waals surface area contributed by atoms with Gasteiger partial charge in [-0.3, -0.25) is 4.79 Å². The Morgan fingerprint density at radius 3 is 2.57 bits per heavy atom. The molecule has 0 unspecified atom stereocenters. The Morgan fingerprint density at radius 2 is 2.00 bits per heavy atom. The summed E-state index contributed by atoms with van der Waals surface area (Å²) in [6.45, 7) is 4.03. The van der Waals surface area contributed by atoms with E-state index < -0.39 is 0 Å². The minimum Gasteiger partial charge on any atom is -0.516 e. The molecule has 0 heterocycles. The largest absolute Gasteiger partial charge is 0.516 e. The second kappa shape index (κ2) is 10.2. The number of ether oxygens (including phenoxy) is 1. The van der Waals surface area contributed by atoms with Crippen molar-refractivity contribution in [3.05, 3.63) is 58.1 Å². The van der Waals surface area contributed by atoms with E-state index in [1.807, 2.05) is 43.3 Å². The van der Waals surface area contributed by atoms with Gasteiger partial charge in [0.15, 0.2) is 0 Å². The van der Waals surface area contributed by atoms with Crippen LogP contribution >= 0.6 is 15.9 Å². The molecule has 0 saturated carbocycles. The zero-order chi connectivity index (χ0) is 15.4. The summed E-state index contributed by atoms with van der Waals surface area (Å²) in [6.07, 6.45) is 0. The number of benzene rings is 2. The van der Waals surface area contributed by atoms with E-state index >= 15 is 0 Å². The minimum absolute atomic E-state index is 0.